The lowest BCUT2D eigenvalue weighted by atomic mass is 10.0. The minimum Gasteiger partial charge on any atom is -0.497 e. The first-order valence-corrected chi connectivity index (χ1v) is 8.43. The summed E-state index contributed by atoms with van der Waals surface area (Å²) >= 11 is 0. The number of hydrogen-bond acceptors (Lipinski definition) is 4. The first kappa shape index (κ1) is 18.9. The second-order valence-electron chi connectivity index (χ2n) is 5.84. The van der Waals surface area contributed by atoms with Gasteiger partial charge in [-0.2, -0.15) is 5.26 Å². The standard InChI is InChI=1S/C23H16FNO3/c1-27-19-11-9-17(10-12-19)23(26)28-20-6-4-5-16(14-20)13-18(15-25)21-7-2-3-8-22(21)24/h2-14H,1H3/b18-13-. The summed E-state index contributed by atoms with van der Waals surface area (Å²) in [4.78, 5) is 12.3. The summed E-state index contributed by atoms with van der Waals surface area (Å²) in [7, 11) is 1.54. The van der Waals surface area contributed by atoms with Crippen LogP contribution in [-0.4, -0.2) is 13.1 Å². The Hall–Kier alpha value is -3.91. The van der Waals surface area contributed by atoms with Gasteiger partial charge in [-0.25, -0.2) is 9.18 Å². The van der Waals surface area contributed by atoms with E-state index in [-0.39, 0.29) is 11.1 Å². The van der Waals surface area contributed by atoms with Crippen molar-refractivity contribution >= 4 is 17.6 Å². The maximum absolute atomic E-state index is 14.0. The van der Waals surface area contributed by atoms with Crippen LogP contribution in [0.5, 0.6) is 11.5 Å². The molecular weight excluding hydrogens is 357 g/mol. The van der Waals surface area contributed by atoms with E-state index in [2.05, 4.69) is 0 Å². The van der Waals surface area contributed by atoms with E-state index in [4.69, 9.17) is 9.47 Å². The highest BCUT2D eigenvalue weighted by molar-refractivity contribution is 5.92. The largest absolute Gasteiger partial charge is 0.497 e. The molecule has 0 saturated heterocycles. The van der Waals surface area contributed by atoms with Crippen molar-refractivity contribution in [2.45, 2.75) is 0 Å². The Balaban J connectivity index is 1.82. The SMILES string of the molecule is COc1ccc(C(=O)Oc2cccc(/C=C(/C#N)c3ccccc3F)c2)cc1. The molecule has 0 atom stereocenters. The van der Waals surface area contributed by atoms with Gasteiger partial charge < -0.3 is 9.47 Å². The molecule has 0 bridgehead atoms. The molecule has 0 unspecified atom stereocenters. The lowest BCUT2D eigenvalue weighted by molar-refractivity contribution is 0.0734. The van der Waals surface area contributed by atoms with Crippen molar-refractivity contribution in [3.63, 3.8) is 0 Å². The number of esters is 1. The number of nitriles is 1. The van der Waals surface area contributed by atoms with Gasteiger partial charge in [0.15, 0.2) is 0 Å². The molecule has 0 aliphatic rings. The molecule has 3 rings (SSSR count). The minimum atomic E-state index is -0.515. The number of nitrogens with zero attached hydrogens (tertiary/aromatic N) is 1. The molecule has 0 fully saturated rings. The van der Waals surface area contributed by atoms with Crippen LogP contribution in [0.2, 0.25) is 0 Å². The Morgan fingerprint density at radius 2 is 1.75 bits per heavy atom. The first-order valence-electron chi connectivity index (χ1n) is 8.43. The van der Waals surface area contributed by atoms with Crippen LogP contribution in [0.15, 0.2) is 72.8 Å². The molecule has 0 N–H and O–H groups in total. The van der Waals surface area contributed by atoms with E-state index in [1.165, 1.54) is 12.1 Å². The number of ether oxygens (including phenoxy) is 2. The van der Waals surface area contributed by atoms with Crippen molar-refractivity contribution in [1.82, 2.24) is 0 Å². The zero-order valence-electron chi connectivity index (χ0n) is 15.1. The summed E-state index contributed by atoms with van der Waals surface area (Å²) in [6.45, 7) is 0. The zero-order valence-corrected chi connectivity index (χ0v) is 15.1. The highest BCUT2D eigenvalue weighted by Gasteiger charge is 2.10. The molecule has 4 nitrogen and oxygen atoms in total. The molecule has 138 valence electrons. The summed E-state index contributed by atoms with van der Waals surface area (Å²) in [5, 5.41) is 9.39. The number of carbonyl (C=O) groups excluding carboxylic acids is 1. The third-order valence-electron chi connectivity index (χ3n) is 3.99. The summed E-state index contributed by atoms with van der Waals surface area (Å²) in [6, 6.07) is 21.3. The average molecular weight is 373 g/mol. The number of carbonyl (C=O) groups is 1. The molecule has 3 aromatic rings. The Morgan fingerprint density at radius 1 is 1.00 bits per heavy atom. The van der Waals surface area contributed by atoms with Crippen molar-refractivity contribution in [2.75, 3.05) is 7.11 Å². The van der Waals surface area contributed by atoms with E-state index in [9.17, 15) is 14.4 Å². The number of benzene rings is 3. The number of allylic oxidation sites excluding steroid dienone is 1. The summed E-state index contributed by atoms with van der Waals surface area (Å²) in [5.41, 5.74) is 1.38. The van der Waals surface area contributed by atoms with Gasteiger partial charge in [-0.15, -0.1) is 0 Å². The van der Waals surface area contributed by atoms with Crippen LogP contribution in [0.3, 0.4) is 0 Å². The highest BCUT2D eigenvalue weighted by Crippen LogP contribution is 2.23. The van der Waals surface area contributed by atoms with Crippen LogP contribution in [0.4, 0.5) is 4.39 Å². The van der Waals surface area contributed by atoms with Crippen molar-refractivity contribution in [3.8, 4) is 17.6 Å². The fourth-order valence-corrected chi connectivity index (χ4v) is 2.58. The molecule has 0 heterocycles. The predicted octanol–water partition coefficient (Wildman–Crippen LogP) is 5.12. The van der Waals surface area contributed by atoms with Crippen molar-refractivity contribution < 1.29 is 18.7 Å². The van der Waals surface area contributed by atoms with Crippen molar-refractivity contribution in [1.29, 1.82) is 5.26 Å². The molecule has 3 aromatic carbocycles. The molecule has 0 amide bonds. The molecular formula is C23H16FNO3. The number of rotatable bonds is 5. The fraction of sp³-hybridized carbons (Fsp3) is 0.0435. The fourth-order valence-electron chi connectivity index (χ4n) is 2.58. The van der Waals surface area contributed by atoms with Crippen LogP contribution < -0.4 is 9.47 Å². The van der Waals surface area contributed by atoms with E-state index >= 15 is 0 Å². The van der Waals surface area contributed by atoms with E-state index in [1.807, 2.05) is 6.07 Å². The topological polar surface area (TPSA) is 59.3 Å². The van der Waals surface area contributed by atoms with Crippen molar-refractivity contribution in [3.05, 3.63) is 95.3 Å². The van der Waals surface area contributed by atoms with Crippen LogP contribution in [0, 0.1) is 17.1 Å². The van der Waals surface area contributed by atoms with Gasteiger partial charge in [0.1, 0.15) is 17.3 Å². The third kappa shape index (κ3) is 4.43. The van der Waals surface area contributed by atoms with Crippen LogP contribution in [0.1, 0.15) is 21.5 Å². The number of hydrogen-bond donors (Lipinski definition) is 0. The van der Waals surface area contributed by atoms with Crippen LogP contribution in [0.25, 0.3) is 11.6 Å². The highest BCUT2D eigenvalue weighted by atomic mass is 19.1. The van der Waals surface area contributed by atoms with E-state index in [1.54, 1.807) is 73.8 Å². The maximum Gasteiger partial charge on any atom is 0.343 e. The second-order valence-corrected chi connectivity index (χ2v) is 5.84. The second kappa shape index (κ2) is 8.65. The molecule has 0 saturated carbocycles. The monoisotopic (exact) mass is 373 g/mol. The lowest BCUT2D eigenvalue weighted by Gasteiger charge is -2.07. The van der Waals surface area contributed by atoms with Gasteiger partial charge in [0.2, 0.25) is 0 Å². The minimum absolute atomic E-state index is 0.178. The van der Waals surface area contributed by atoms with E-state index in [0.717, 1.165) is 0 Å². The van der Waals surface area contributed by atoms with Gasteiger partial charge in [-0.3, -0.25) is 0 Å². The van der Waals surface area contributed by atoms with Gasteiger partial charge in [-0.1, -0.05) is 30.3 Å². The molecule has 0 spiro atoms. The normalized spacial score (nSPS) is 10.8. The molecule has 0 aromatic heterocycles. The molecule has 0 aliphatic carbocycles. The zero-order chi connectivity index (χ0) is 19.9. The predicted molar refractivity (Wildman–Crippen MR) is 104 cm³/mol. The number of methoxy groups -OCH3 is 1. The Labute approximate surface area is 162 Å². The Morgan fingerprint density at radius 3 is 2.43 bits per heavy atom. The third-order valence-corrected chi connectivity index (χ3v) is 3.99. The Kier molecular flexibility index (Phi) is 5.83. The average Bonchev–Trinajstić information content (AvgIpc) is 2.73. The lowest BCUT2D eigenvalue weighted by Crippen LogP contribution is -2.08. The first-order chi connectivity index (χ1) is 13.6. The van der Waals surface area contributed by atoms with Gasteiger partial charge in [0, 0.05) is 5.56 Å². The molecule has 5 heteroatoms. The Bertz CT molecular complexity index is 1070. The van der Waals surface area contributed by atoms with Crippen LogP contribution in [-0.2, 0) is 0 Å². The van der Waals surface area contributed by atoms with Crippen molar-refractivity contribution in [2.24, 2.45) is 0 Å². The molecule has 0 radical (unpaired) electrons. The molecule has 0 aliphatic heterocycles. The molecule has 28 heavy (non-hydrogen) atoms. The van der Waals surface area contributed by atoms with Crippen LogP contribution >= 0.6 is 0 Å². The van der Waals surface area contributed by atoms with E-state index in [0.29, 0.717) is 22.6 Å². The quantitative estimate of drug-likeness (QED) is 0.270. The smallest absolute Gasteiger partial charge is 0.343 e. The number of halogens is 1. The summed E-state index contributed by atoms with van der Waals surface area (Å²) in [6.07, 6.45) is 1.54. The van der Waals surface area contributed by atoms with Gasteiger partial charge >= 0.3 is 5.97 Å². The van der Waals surface area contributed by atoms with Gasteiger partial charge in [-0.05, 0) is 54.1 Å². The van der Waals surface area contributed by atoms with Gasteiger partial charge in [0.05, 0.1) is 24.3 Å². The van der Waals surface area contributed by atoms with E-state index < -0.39 is 11.8 Å². The maximum atomic E-state index is 14.0. The van der Waals surface area contributed by atoms with Gasteiger partial charge in [0.25, 0.3) is 0 Å². The summed E-state index contributed by atoms with van der Waals surface area (Å²) < 4.78 is 24.4. The summed E-state index contributed by atoms with van der Waals surface area (Å²) in [5.74, 6) is -0.0305.